The minimum Gasteiger partial charge on any atom is -0.493 e. The molecule has 1 aromatic heterocycles. The molecule has 0 bridgehead atoms. The summed E-state index contributed by atoms with van der Waals surface area (Å²) in [6.45, 7) is 0. The Labute approximate surface area is 135 Å². The minimum atomic E-state index is 0.557. The first-order valence-corrected chi connectivity index (χ1v) is 8.23. The van der Waals surface area contributed by atoms with Crippen LogP contribution in [0.5, 0.6) is 11.5 Å². The van der Waals surface area contributed by atoms with Gasteiger partial charge in [-0.15, -0.1) is 0 Å². The van der Waals surface area contributed by atoms with Gasteiger partial charge in [-0.3, -0.25) is 0 Å². The standard InChI is InChI=1S/C14H14BrN3O2S/c1-19-11-3-7(9(15)4-12(11)20-2)14-17-10-6-21-5-8(10)13(16)18-14/h3-4H,5-6H2,1-2H3,(H2,16,17,18). The van der Waals surface area contributed by atoms with Gasteiger partial charge in [0.25, 0.3) is 0 Å². The lowest BCUT2D eigenvalue weighted by molar-refractivity contribution is 0.355. The van der Waals surface area contributed by atoms with Crippen LogP contribution < -0.4 is 15.2 Å². The molecule has 0 saturated heterocycles. The summed E-state index contributed by atoms with van der Waals surface area (Å²) in [5.74, 6) is 4.20. The molecule has 0 saturated carbocycles. The normalized spacial score (nSPS) is 13.1. The highest BCUT2D eigenvalue weighted by molar-refractivity contribution is 9.10. The number of hydrogen-bond acceptors (Lipinski definition) is 6. The average molecular weight is 368 g/mol. The monoisotopic (exact) mass is 367 g/mol. The van der Waals surface area contributed by atoms with Crippen molar-refractivity contribution < 1.29 is 9.47 Å². The number of methoxy groups -OCH3 is 2. The summed E-state index contributed by atoms with van der Waals surface area (Å²) >= 11 is 5.33. The van der Waals surface area contributed by atoms with E-state index in [1.54, 1.807) is 26.0 Å². The number of rotatable bonds is 3. The van der Waals surface area contributed by atoms with E-state index in [1.807, 2.05) is 12.1 Å². The second-order valence-corrected chi connectivity index (χ2v) is 6.38. The first kappa shape index (κ1) is 14.5. The number of halogens is 1. The lowest BCUT2D eigenvalue weighted by Gasteiger charge is -2.12. The topological polar surface area (TPSA) is 70.3 Å². The lowest BCUT2D eigenvalue weighted by Crippen LogP contribution is -2.03. The number of fused-ring (bicyclic) bond motifs is 1. The Morgan fingerprint density at radius 1 is 1.14 bits per heavy atom. The second kappa shape index (κ2) is 5.73. The summed E-state index contributed by atoms with van der Waals surface area (Å²) in [5, 5.41) is 0. The van der Waals surface area contributed by atoms with Gasteiger partial charge in [-0.25, -0.2) is 9.97 Å². The van der Waals surface area contributed by atoms with Gasteiger partial charge in [-0.05, 0) is 28.1 Å². The number of nitrogen functional groups attached to an aromatic ring is 1. The largest absolute Gasteiger partial charge is 0.493 e. The Morgan fingerprint density at radius 2 is 1.86 bits per heavy atom. The number of anilines is 1. The number of hydrogen-bond donors (Lipinski definition) is 1. The van der Waals surface area contributed by atoms with Gasteiger partial charge in [-0.1, -0.05) is 0 Å². The van der Waals surface area contributed by atoms with Gasteiger partial charge in [0.15, 0.2) is 17.3 Å². The molecule has 1 aliphatic heterocycles. The van der Waals surface area contributed by atoms with E-state index < -0.39 is 0 Å². The molecule has 0 atom stereocenters. The molecular formula is C14H14BrN3O2S. The van der Waals surface area contributed by atoms with Crippen LogP contribution >= 0.6 is 27.7 Å². The number of benzene rings is 1. The van der Waals surface area contributed by atoms with E-state index in [9.17, 15) is 0 Å². The third-order valence-corrected chi connectivity index (χ3v) is 4.95. The van der Waals surface area contributed by atoms with Crippen molar-refractivity contribution in [2.45, 2.75) is 11.5 Å². The Bertz CT molecular complexity index is 709. The van der Waals surface area contributed by atoms with E-state index in [0.717, 1.165) is 32.8 Å². The van der Waals surface area contributed by atoms with E-state index >= 15 is 0 Å². The summed E-state index contributed by atoms with van der Waals surface area (Å²) < 4.78 is 11.5. The van der Waals surface area contributed by atoms with Crippen LogP contribution in [0.2, 0.25) is 0 Å². The third-order valence-electron chi connectivity index (χ3n) is 3.32. The van der Waals surface area contributed by atoms with Crippen molar-refractivity contribution in [2.24, 2.45) is 0 Å². The van der Waals surface area contributed by atoms with E-state index in [-0.39, 0.29) is 0 Å². The van der Waals surface area contributed by atoms with Crippen molar-refractivity contribution in [3.8, 4) is 22.9 Å². The maximum Gasteiger partial charge on any atom is 0.163 e. The average Bonchev–Trinajstić information content (AvgIpc) is 2.95. The van der Waals surface area contributed by atoms with E-state index in [0.29, 0.717) is 23.1 Å². The number of nitrogens with zero attached hydrogens (tertiary/aromatic N) is 2. The van der Waals surface area contributed by atoms with Crippen LogP contribution in [0.1, 0.15) is 11.3 Å². The minimum absolute atomic E-state index is 0.557. The molecule has 110 valence electrons. The predicted octanol–water partition coefficient (Wildman–Crippen LogP) is 3.25. The van der Waals surface area contributed by atoms with Crippen LogP contribution in [0.15, 0.2) is 16.6 Å². The molecule has 2 N–H and O–H groups in total. The summed E-state index contributed by atoms with van der Waals surface area (Å²) in [6.07, 6.45) is 0. The highest BCUT2D eigenvalue weighted by Crippen LogP contribution is 2.39. The smallest absolute Gasteiger partial charge is 0.163 e. The summed E-state index contributed by atoms with van der Waals surface area (Å²) in [5.41, 5.74) is 8.96. The first-order chi connectivity index (χ1) is 10.1. The molecule has 0 radical (unpaired) electrons. The fourth-order valence-electron chi connectivity index (χ4n) is 2.22. The van der Waals surface area contributed by atoms with Crippen LogP contribution in [0.25, 0.3) is 11.4 Å². The number of thioether (sulfide) groups is 1. The van der Waals surface area contributed by atoms with Gasteiger partial charge in [0.2, 0.25) is 0 Å². The van der Waals surface area contributed by atoms with E-state index in [2.05, 4.69) is 25.9 Å². The van der Waals surface area contributed by atoms with Gasteiger partial charge < -0.3 is 15.2 Å². The summed E-state index contributed by atoms with van der Waals surface area (Å²) in [6, 6.07) is 3.70. The first-order valence-electron chi connectivity index (χ1n) is 6.29. The van der Waals surface area contributed by atoms with Crippen LogP contribution in [-0.4, -0.2) is 24.2 Å². The molecule has 1 aliphatic rings. The summed E-state index contributed by atoms with van der Waals surface area (Å²) in [7, 11) is 3.20. The zero-order valence-electron chi connectivity index (χ0n) is 11.6. The Hall–Kier alpha value is -1.47. The number of aromatic nitrogens is 2. The number of nitrogens with two attached hydrogens (primary N) is 1. The van der Waals surface area contributed by atoms with E-state index in [1.165, 1.54) is 0 Å². The molecule has 2 heterocycles. The zero-order chi connectivity index (χ0) is 15.0. The highest BCUT2D eigenvalue weighted by Gasteiger charge is 2.20. The molecule has 2 aromatic rings. The molecular weight excluding hydrogens is 354 g/mol. The highest BCUT2D eigenvalue weighted by atomic mass is 79.9. The van der Waals surface area contributed by atoms with Crippen molar-refractivity contribution in [2.75, 3.05) is 20.0 Å². The van der Waals surface area contributed by atoms with Crippen LogP contribution in [-0.2, 0) is 11.5 Å². The quantitative estimate of drug-likeness (QED) is 0.897. The fraction of sp³-hybridized carbons (Fsp3) is 0.286. The zero-order valence-corrected chi connectivity index (χ0v) is 14.0. The van der Waals surface area contributed by atoms with Crippen molar-refractivity contribution in [3.63, 3.8) is 0 Å². The molecule has 3 rings (SSSR count). The maximum atomic E-state index is 6.05. The molecule has 0 amide bonds. The Kier molecular flexibility index (Phi) is 3.95. The van der Waals surface area contributed by atoms with Gasteiger partial charge >= 0.3 is 0 Å². The van der Waals surface area contributed by atoms with Gasteiger partial charge in [0.1, 0.15) is 5.82 Å². The SMILES string of the molecule is COc1cc(Br)c(-c2nc(N)c3c(n2)CSC3)cc1OC. The molecule has 5 nitrogen and oxygen atoms in total. The Morgan fingerprint density at radius 3 is 2.57 bits per heavy atom. The molecule has 0 aliphatic carbocycles. The second-order valence-electron chi connectivity index (χ2n) is 4.54. The fourth-order valence-corrected chi connectivity index (χ4v) is 3.77. The van der Waals surface area contributed by atoms with Gasteiger partial charge in [0, 0.05) is 27.1 Å². The molecule has 7 heteroatoms. The lowest BCUT2D eigenvalue weighted by atomic mass is 10.1. The van der Waals surface area contributed by atoms with Crippen molar-refractivity contribution in [3.05, 3.63) is 27.9 Å². The molecule has 0 unspecified atom stereocenters. The third kappa shape index (κ3) is 2.55. The van der Waals surface area contributed by atoms with Crippen molar-refractivity contribution >= 4 is 33.5 Å². The molecule has 1 aromatic carbocycles. The number of ether oxygens (including phenoxy) is 2. The van der Waals surface area contributed by atoms with Gasteiger partial charge in [0.05, 0.1) is 19.9 Å². The molecule has 21 heavy (non-hydrogen) atoms. The molecule has 0 spiro atoms. The van der Waals surface area contributed by atoms with Crippen LogP contribution in [0.4, 0.5) is 5.82 Å². The van der Waals surface area contributed by atoms with Crippen molar-refractivity contribution in [1.82, 2.24) is 9.97 Å². The van der Waals surface area contributed by atoms with Gasteiger partial charge in [-0.2, -0.15) is 11.8 Å². The maximum absolute atomic E-state index is 6.05. The predicted molar refractivity (Wildman–Crippen MR) is 87.7 cm³/mol. The van der Waals surface area contributed by atoms with Crippen LogP contribution in [0, 0.1) is 0 Å². The Balaban J connectivity index is 2.14. The van der Waals surface area contributed by atoms with E-state index in [4.69, 9.17) is 15.2 Å². The molecule has 0 fully saturated rings. The van der Waals surface area contributed by atoms with Crippen molar-refractivity contribution in [1.29, 1.82) is 0 Å². The summed E-state index contributed by atoms with van der Waals surface area (Å²) in [4.78, 5) is 9.07. The van der Waals surface area contributed by atoms with Crippen LogP contribution in [0.3, 0.4) is 0 Å².